The van der Waals surface area contributed by atoms with Gasteiger partial charge in [-0.25, -0.2) is 0 Å². The summed E-state index contributed by atoms with van der Waals surface area (Å²) in [6.45, 7) is 1.73. The molecule has 1 aromatic heterocycles. The molecule has 5 nitrogen and oxygen atoms in total. The van der Waals surface area contributed by atoms with Crippen LogP contribution >= 0.6 is 0 Å². The first-order chi connectivity index (χ1) is 12.8. The number of alkyl halides is 3. The van der Waals surface area contributed by atoms with E-state index in [9.17, 15) is 17.7 Å². The maximum Gasteiger partial charge on any atom is 0.417 e. The lowest BCUT2D eigenvalue weighted by molar-refractivity contribution is -0.137. The maximum absolute atomic E-state index is 13.1. The normalized spacial score (nSPS) is 12.8. The lowest BCUT2D eigenvalue weighted by Crippen LogP contribution is -2.13. The van der Waals surface area contributed by atoms with E-state index in [1.807, 2.05) is 0 Å². The third-order valence-electron chi connectivity index (χ3n) is 3.65. The van der Waals surface area contributed by atoms with Gasteiger partial charge >= 0.3 is 17.6 Å². The number of aromatic nitrogens is 1. The van der Waals surface area contributed by atoms with Crippen molar-refractivity contribution in [3.8, 4) is 11.1 Å². The third-order valence-corrected chi connectivity index (χ3v) is 4.67. The van der Waals surface area contributed by atoms with Gasteiger partial charge in [-0.2, -0.15) is 13.2 Å². The summed E-state index contributed by atoms with van der Waals surface area (Å²) in [4.78, 5) is 0.446. The van der Waals surface area contributed by atoms with Crippen molar-refractivity contribution in [2.24, 2.45) is 0 Å². The first kappa shape index (κ1) is 19.3. The largest absolute Gasteiger partial charge is 0.417 e. The molecule has 0 aliphatic rings. The van der Waals surface area contributed by atoms with Gasteiger partial charge in [-0.3, -0.25) is 0 Å². The van der Waals surface area contributed by atoms with Crippen LogP contribution in [-0.4, -0.2) is 16.4 Å². The van der Waals surface area contributed by atoms with Crippen LogP contribution < -0.4 is 5.32 Å². The SMILES string of the molecule is Cc1cc(NCO[S+](O)c2ccc(-c3ccccc3C(F)(F)F)cc2)no1. The predicted octanol–water partition coefficient (Wildman–Crippen LogP) is 5.12. The van der Waals surface area contributed by atoms with E-state index in [0.29, 0.717) is 22.0 Å². The van der Waals surface area contributed by atoms with Crippen LogP contribution in [0.15, 0.2) is 64.0 Å². The molecule has 27 heavy (non-hydrogen) atoms. The lowest BCUT2D eigenvalue weighted by Gasteiger charge is -2.12. The third kappa shape index (κ3) is 4.82. The minimum absolute atomic E-state index is 0.00968. The van der Waals surface area contributed by atoms with Crippen molar-refractivity contribution in [2.45, 2.75) is 18.0 Å². The summed E-state index contributed by atoms with van der Waals surface area (Å²) in [7, 11) is 0. The minimum atomic E-state index is -4.44. The fraction of sp³-hybridized carbons (Fsp3) is 0.167. The van der Waals surface area contributed by atoms with Gasteiger partial charge in [-0.05, 0) is 36.2 Å². The molecule has 0 amide bonds. The molecule has 2 N–H and O–H groups in total. The number of benzene rings is 2. The second-order valence-corrected chi connectivity index (χ2v) is 6.78. The number of nitrogens with one attached hydrogen (secondary N) is 1. The summed E-state index contributed by atoms with van der Waals surface area (Å²) in [5.74, 6) is 1.11. The van der Waals surface area contributed by atoms with E-state index in [-0.39, 0.29) is 12.3 Å². The molecule has 0 saturated carbocycles. The van der Waals surface area contributed by atoms with Gasteiger partial charge in [0.05, 0.1) is 5.56 Å². The number of nitrogens with zero attached hydrogens (tertiary/aromatic N) is 1. The molecule has 142 valence electrons. The Morgan fingerprint density at radius 2 is 1.85 bits per heavy atom. The van der Waals surface area contributed by atoms with Crippen molar-refractivity contribution in [2.75, 3.05) is 12.0 Å². The highest BCUT2D eigenvalue weighted by Crippen LogP contribution is 2.37. The van der Waals surface area contributed by atoms with Crippen LogP contribution in [0.2, 0.25) is 0 Å². The second kappa shape index (κ2) is 8.03. The quantitative estimate of drug-likeness (QED) is 0.446. The highest BCUT2D eigenvalue weighted by Gasteiger charge is 2.33. The van der Waals surface area contributed by atoms with Gasteiger partial charge in [0.15, 0.2) is 12.5 Å². The highest BCUT2D eigenvalue weighted by molar-refractivity contribution is 7.86. The van der Waals surface area contributed by atoms with E-state index < -0.39 is 23.2 Å². The van der Waals surface area contributed by atoms with E-state index in [1.165, 1.54) is 36.4 Å². The standard InChI is InChI=1S/C18H16F3N2O3S/c1-12-10-17(23-26-12)22-11-25-27(24)14-8-6-13(7-9-14)15-4-2-3-5-16(15)18(19,20)21/h2-10,24H,11H2,1H3,(H,22,23)/q+1. The lowest BCUT2D eigenvalue weighted by atomic mass is 9.99. The molecule has 0 aliphatic heterocycles. The maximum atomic E-state index is 13.1. The molecule has 0 radical (unpaired) electrons. The molecule has 0 saturated heterocycles. The predicted molar refractivity (Wildman–Crippen MR) is 96.0 cm³/mol. The Hall–Kier alpha value is -2.49. The van der Waals surface area contributed by atoms with Crippen LogP contribution in [0.25, 0.3) is 11.1 Å². The monoisotopic (exact) mass is 397 g/mol. The van der Waals surface area contributed by atoms with E-state index >= 15 is 0 Å². The Morgan fingerprint density at radius 1 is 1.15 bits per heavy atom. The fourth-order valence-electron chi connectivity index (χ4n) is 2.41. The van der Waals surface area contributed by atoms with Gasteiger partial charge in [-0.1, -0.05) is 23.4 Å². The van der Waals surface area contributed by atoms with Gasteiger partial charge in [-0.15, -0.1) is 8.74 Å². The van der Waals surface area contributed by atoms with E-state index in [4.69, 9.17) is 8.71 Å². The minimum Gasteiger partial charge on any atom is -0.360 e. The number of hydrogen-bond donors (Lipinski definition) is 2. The highest BCUT2D eigenvalue weighted by atomic mass is 32.2. The number of halogens is 3. The van der Waals surface area contributed by atoms with Crippen LogP contribution in [0.3, 0.4) is 0 Å². The smallest absolute Gasteiger partial charge is 0.360 e. The summed E-state index contributed by atoms with van der Waals surface area (Å²) >= 11 is -1.53. The average molecular weight is 397 g/mol. The molecule has 3 rings (SSSR count). The summed E-state index contributed by atoms with van der Waals surface area (Å²) in [5.41, 5.74) is -0.220. The van der Waals surface area contributed by atoms with Gasteiger partial charge in [0.2, 0.25) is 4.90 Å². The molecule has 3 aromatic rings. The molecule has 0 aliphatic carbocycles. The first-order valence-corrected chi connectivity index (χ1v) is 8.96. The molecule has 0 spiro atoms. The molecule has 1 heterocycles. The Kier molecular flexibility index (Phi) is 5.73. The van der Waals surface area contributed by atoms with Crippen LogP contribution in [0, 0.1) is 6.92 Å². The Balaban J connectivity index is 1.66. The Labute approximate surface area is 156 Å². The summed E-state index contributed by atoms with van der Waals surface area (Å²) in [6, 6.07) is 13.1. The number of rotatable bonds is 6. The topological polar surface area (TPSA) is 67.5 Å². The van der Waals surface area contributed by atoms with Crippen molar-refractivity contribution < 1.29 is 26.4 Å². The van der Waals surface area contributed by atoms with Gasteiger partial charge in [0.25, 0.3) is 0 Å². The number of aryl methyl sites for hydroxylation is 1. The van der Waals surface area contributed by atoms with Crippen molar-refractivity contribution >= 4 is 17.3 Å². The average Bonchev–Trinajstić information content (AvgIpc) is 3.06. The Bertz CT molecular complexity index is 897. The van der Waals surface area contributed by atoms with Crippen LogP contribution in [-0.2, 0) is 21.8 Å². The number of anilines is 1. The molecule has 2 aromatic carbocycles. The fourth-order valence-corrected chi connectivity index (χ4v) is 3.09. The van der Waals surface area contributed by atoms with Crippen molar-refractivity contribution in [1.29, 1.82) is 0 Å². The number of hydrogen-bond acceptors (Lipinski definition) is 5. The summed E-state index contributed by atoms with van der Waals surface area (Å²) in [5, 5.41) is 6.54. The van der Waals surface area contributed by atoms with Gasteiger partial charge in [0.1, 0.15) is 5.76 Å². The summed E-state index contributed by atoms with van der Waals surface area (Å²) in [6.07, 6.45) is -4.44. The van der Waals surface area contributed by atoms with Gasteiger partial charge < -0.3 is 9.84 Å². The second-order valence-electron chi connectivity index (χ2n) is 5.58. The zero-order valence-electron chi connectivity index (χ0n) is 14.2. The first-order valence-electron chi connectivity index (χ1n) is 7.85. The van der Waals surface area contributed by atoms with E-state index in [1.54, 1.807) is 19.1 Å². The van der Waals surface area contributed by atoms with Crippen LogP contribution in [0.4, 0.5) is 19.0 Å². The molecule has 9 heteroatoms. The molecule has 1 atom stereocenters. The van der Waals surface area contributed by atoms with Crippen molar-refractivity contribution in [3.05, 3.63) is 65.9 Å². The summed E-state index contributed by atoms with van der Waals surface area (Å²) < 4.78 is 59.7. The van der Waals surface area contributed by atoms with Crippen molar-refractivity contribution in [1.82, 2.24) is 5.16 Å². The zero-order chi connectivity index (χ0) is 19.4. The molecule has 0 fully saturated rings. The van der Waals surface area contributed by atoms with Crippen LogP contribution in [0.5, 0.6) is 0 Å². The van der Waals surface area contributed by atoms with Crippen molar-refractivity contribution in [3.63, 3.8) is 0 Å². The molecule has 1 unspecified atom stereocenters. The van der Waals surface area contributed by atoms with Crippen LogP contribution in [0.1, 0.15) is 11.3 Å². The Morgan fingerprint density at radius 3 is 2.48 bits per heavy atom. The zero-order valence-corrected chi connectivity index (χ0v) is 15.0. The van der Waals surface area contributed by atoms with Gasteiger partial charge in [0, 0.05) is 18.2 Å². The molecular formula is C18H16F3N2O3S+. The molecular weight excluding hydrogens is 381 g/mol. The van der Waals surface area contributed by atoms with E-state index in [2.05, 4.69) is 10.5 Å². The van der Waals surface area contributed by atoms with E-state index in [0.717, 1.165) is 6.07 Å². The molecule has 0 bridgehead atoms.